The van der Waals surface area contributed by atoms with Crippen molar-refractivity contribution in [1.29, 1.82) is 0 Å². The molecule has 230 valence electrons. The number of halogens is 1. The number of carbonyl (C=O) groups excluding carboxylic acids is 3. The van der Waals surface area contributed by atoms with Gasteiger partial charge in [-0.15, -0.1) is 0 Å². The number of rotatable bonds is 5. The maximum absolute atomic E-state index is 13.4. The molecule has 3 amide bonds. The number of piperidine rings is 1. The molecule has 1 N–H and O–H groups in total. The van der Waals surface area contributed by atoms with E-state index in [0.717, 1.165) is 30.4 Å². The van der Waals surface area contributed by atoms with Crippen molar-refractivity contribution in [3.05, 3.63) is 75.9 Å². The second-order valence-corrected chi connectivity index (χ2v) is 13.1. The number of benzene rings is 2. The maximum atomic E-state index is 13.4. The summed E-state index contributed by atoms with van der Waals surface area (Å²) in [7, 11) is 0. The quantitative estimate of drug-likeness (QED) is 0.422. The molecule has 3 aromatic rings. The largest absolute Gasteiger partial charge is 0.444 e. The van der Waals surface area contributed by atoms with E-state index >= 15 is 0 Å². The number of amides is 3. The lowest BCUT2D eigenvalue weighted by Crippen LogP contribution is -2.44. The summed E-state index contributed by atoms with van der Waals surface area (Å²) < 4.78 is 5.49. The Hall–Kier alpha value is -4.18. The van der Waals surface area contributed by atoms with Crippen molar-refractivity contribution in [2.45, 2.75) is 64.8 Å². The van der Waals surface area contributed by atoms with Gasteiger partial charge in [-0.25, -0.2) is 14.8 Å². The van der Waals surface area contributed by atoms with Gasteiger partial charge in [0.05, 0.1) is 16.9 Å². The first-order valence-electron chi connectivity index (χ1n) is 15.1. The third-order valence-corrected chi connectivity index (χ3v) is 8.57. The first kappa shape index (κ1) is 29.9. The average molecular weight is 617 g/mol. The lowest BCUT2D eigenvalue weighted by atomic mass is 10.00. The fraction of sp³-hybridized carbons (Fsp3) is 0.424. The Balaban J connectivity index is 1.09. The second-order valence-electron chi connectivity index (χ2n) is 12.6. The van der Waals surface area contributed by atoms with Crippen LogP contribution >= 0.6 is 11.6 Å². The minimum absolute atomic E-state index is 0.0418. The van der Waals surface area contributed by atoms with Crippen LogP contribution in [-0.2, 0) is 29.0 Å². The highest BCUT2D eigenvalue weighted by Crippen LogP contribution is 2.32. The molecular formula is C33H37ClN6O4. The van der Waals surface area contributed by atoms with E-state index in [4.69, 9.17) is 21.3 Å². The van der Waals surface area contributed by atoms with Crippen LogP contribution in [0.3, 0.4) is 0 Å². The van der Waals surface area contributed by atoms with Gasteiger partial charge in [0.25, 0.3) is 5.91 Å². The van der Waals surface area contributed by atoms with Crippen LogP contribution in [0.1, 0.15) is 60.7 Å². The van der Waals surface area contributed by atoms with Gasteiger partial charge < -0.3 is 24.8 Å². The summed E-state index contributed by atoms with van der Waals surface area (Å²) in [6.07, 6.45) is 3.53. The fourth-order valence-corrected chi connectivity index (χ4v) is 6.16. The zero-order chi connectivity index (χ0) is 31.0. The molecule has 0 atom stereocenters. The van der Waals surface area contributed by atoms with Gasteiger partial charge in [0.1, 0.15) is 12.1 Å². The van der Waals surface area contributed by atoms with Gasteiger partial charge in [0.2, 0.25) is 11.9 Å². The molecule has 2 aromatic carbocycles. The Bertz CT molecular complexity index is 1600. The summed E-state index contributed by atoms with van der Waals surface area (Å²) in [5.41, 5.74) is 4.56. The first-order valence-corrected chi connectivity index (χ1v) is 15.5. The zero-order valence-corrected chi connectivity index (χ0v) is 26.1. The number of nitrogens with zero attached hydrogens (tertiary/aromatic N) is 5. The zero-order valence-electron chi connectivity index (χ0n) is 25.3. The van der Waals surface area contributed by atoms with E-state index in [1.807, 2.05) is 49.9 Å². The van der Waals surface area contributed by atoms with Gasteiger partial charge in [-0.3, -0.25) is 9.59 Å². The molecule has 11 heteroatoms. The average Bonchev–Trinajstić information content (AvgIpc) is 3.31. The van der Waals surface area contributed by atoms with Crippen molar-refractivity contribution in [3.8, 4) is 11.3 Å². The molecule has 10 nitrogen and oxygen atoms in total. The molecular weight excluding hydrogens is 580 g/mol. The summed E-state index contributed by atoms with van der Waals surface area (Å²) in [5.74, 6) is 0.211. The number of hydrogen-bond acceptors (Lipinski definition) is 7. The summed E-state index contributed by atoms with van der Waals surface area (Å²) in [4.78, 5) is 53.2. The maximum Gasteiger partial charge on any atom is 0.410 e. The standard InChI is InChI=1S/C33H37ClN6O4/c1-33(2,3)44-32(43)38-14-11-25(12-15-38)36-31-35-17-27(34)29(37-31)22-8-9-24-19-40(30(42)26(24)16-22)20-28(41)39-13-10-21-6-4-5-7-23(21)18-39/h4-9,16-17,25H,10-15,18-20H2,1-3H3,(H,35,36,37). The van der Waals surface area contributed by atoms with Crippen molar-refractivity contribution in [2.24, 2.45) is 0 Å². The lowest BCUT2D eigenvalue weighted by Gasteiger charge is -2.33. The number of nitrogens with one attached hydrogen (secondary N) is 1. The molecule has 0 aliphatic carbocycles. The van der Waals surface area contributed by atoms with Crippen LogP contribution in [0.15, 0.2) is 48.7 Å². The normalized spacial score (nSPS) is 16.9. The van der Waals surface area contributed by atoms with Crippen molar-refractivity contribution >= 4 is 35.5 Å². The van der Waals surface area contributed by atoms with E-state index in [2.05, 4.69) is 22.4 Å². The SMILES string of the molecule is CC(C)(C)OC(=O)N1CCC(Nc2ncc(Cl)c(-c3ccc4c(c3)C(=O)N(CC(=O)N3CCc5ccccc5C3)C4)n2)CC1. The number of likely N-dealkylation sites (tertiary alicyclic amines) is 1. The summed E-state index contributed by atoms with van der Waals surface area (Å²) >= 11 is 6.53. The van der Waals surface area contributed by atoms with Gasteiger partial charge in [-0.05, 0) is 62.8 Å². The molecule has 1 saturated heterocycles. The van der Waals surface area contributed by atoms with Crippen LogP contribution in [0.25, 0.3) is 11.3 Å². The predicted octanol–water partition coefficient (Wildman–Crippen LogP) is 5.15. The molecule has 4 heterocycles. The monoisotopic (exact) mass is 616 g/mol. The number of aromatic nitrogens is 2. The molecule has 0 unspecified atom stereocenters. The highest BCUT2D eigenvalue weighted by atomic mass is 35.5. The number of anilines is 1. The Labute approximate surface area is 262 Å². The molecule has 1 aromatic heterocycles. The first-order chi connectivity index (χ1) is 21.0. The van der Waals surface area contributed by atoms with Gasteiger partial charge in [-0.2, -0.15) is 0 Å². The molecule has 1 fully saturated rings. The molecule has 3 aliphatic rings. The third-order valence-electron chi connectivity index (χ3n) is 8.30. The Kier molecular flexibility index (Phi) is 8.20. The summed E-state index contributed by atoms with van der Waals surface area (Å²) in [5, 5.41) is 3.75. The van der Waals surface area contributed by atoms with Crippen molar-refractivity contribution in [2.75, 3.05) is 31.5 Å². The van der Waals surface area contributed by atoms with Crippen LogP contribution in [0, 0.1) is 0 Å². The third kappa shape index (κ3) is 6.50. The summed E-state index contributed by atoms with van der Waals surface area (Å²) in [6.45, 7) is 8.38. The van der Waals surface area contributed by atoms with Crippen LogP contribution in [0.2, 0.25) is 5.02 Å². The van der Waals surface area contributed by atoms with Crippen molar-refractivity contribution in [1.82, 2.24) is 24.7 Å². The van der Waals surface area contributed by atoms with Crippen LogP contribution < -0.4 is 5.32 Å². The van der Waals surface area contributed by atoms with Gasteiger partial charge in [-0.1, -0.05) is 48.0 Å². The van der Waals surface area contributed by atoms with E-state index < -0.39 is 5.60 Å². The smallest absolute Gasteiger partial charge is 0.410 e. The molecule has 3 aliphatic heterocycles. The van der Waals surface area contributed by atoms with E-state index in [0.29, 0.717) is 60.5 Å². The topological polar surface area (TPSA) is 108 Å². The van der Waals surface area contributed by atoms with Crippen molar-refractivity contribution in [3.63, 3.8) is 0 Å². The Morgan fingerprint density at radius 3 is 2.50 bits per heavy atom. The second kappa shape index (κ2) is 12.1. The fourth-order valence-electron chi connectivity index (χ4n) is 5.96. The van der Waals surface area contributed by atoms with E-state index in [-0.39, 0.29) is 30.5 Å². The minimum atomic E-state index is -0.530. The van der Waals surface area contributed by atoms with Gasteiger partial charge >= 0.3 is 6.09 Å². The molecule has 0 saturated carbocycles. The van der Waals surface area contributed by atoms with Crippen LogP contribution in [-0.4, -0.2) is 80.4 Å². The molecule has 6 rings (SSSR count). The Morgan fingerprint density at radius 1 is 1.00 bits per heavy atom. The van der Waals surface area contributed by atoms with E-state index in [1.54, 1.807) is 22.1 Å². The molecule has 0 bridgehead atoms. The van der Waals surface area contributed by atoms with E-state index in [1.165, 1.54) is 5.56 Å². The van der Waals surface area contributed by atoms with Crippen LogP contribution in [0.5, 0.6) is 0 Å². The van der Waals surface area contributed by atoms with Crippen LogP contribution in [0.4, 0.5) is 10.7 Å². The number of fused-ring (bicyclic) bond motifs is 2. The highest BCUT2D eigenvalue weighted by Gasteiger charge is 2.32. The predicted molar refractivity (Wildman–Crippen MR) is 167 cm³/mol. The van der Waals surface area contributed by atoms with Crippen molar-refractivity contribution < 1.29 is 19.1 Å². The Morgan fingerprint density at radius 2 is 1.75 bits per heavy atom. The molecule has 0 radical (unpaired) electrons. The summed E-state index contributed by atoms with van der Waals surface area (Å²) in [6, 6.07) is 13.9. The van der Waals surface area contributed by atoms with E-state index in [9.17, 15) is 14.4 Å². The highest BCUT2D eigenvalue weighted by molar-refractivity contribution is 6.33. The number of ether oxygens (including phenoxy) is 1. The minimum Gasteiger partial charge on any atom is -0.444 e. The number of carbonyl (C=O) groups is 3. The van der Waals surface area contributed by atoms with Gasteiger partial charge in [0.15, 0.2) is 0 Å². The van der Waals surface area contributed by atoms with Gasteiger partial charge in [0, 0.05) is 49.9 Å². The molecule has 44 heavy (non-hydrogen) atoms. The lowest BCUT2D eigenvalue weighted by molar-refractivity contribution is -0.132. The molecule has 0 spiro atoms. The number of hydrogen-bond donors (Lipinski definition) is 1.